The van der Waals surface area contributed by atoms with E-state index < -0.39 is 0 Å². The fourth-order valence-corrected chi connectivity index (χ4v) is 1.62. The van der Waals surface area contributed by atoms with E-state index in [0.717, 1.165) is 32.4 Å². The molecule has 0 heterocycles. The second-order valence-corrected chi connectivity index (χ2v) is 4.73. The normalized spacial score (nSPS) is 18.6. The molecule has 0 aliphatic heterocycles. The lowest BCUT2D eigenvalue weighted by Gasteiger charge is -2.17. The molecule has 4 heteroatoms. The number of nitrogens with zero attached hydrogens (tertiary/aromatic N) is 1. The van der Waals surface area contributed by atoms with Crippen molar-refractivity contribution >= 4 is 5.91 Å². The van der Waals surface area contributed by atoms with Crippen LogP contribution in [-0.4, -0.2) is 25.0 Å². The van der Waals surface area contributed by atoms with Gasteiger partial charge in [0, 0.05) is 19.5 Å². The van der Waals surface area contributed by atoms with Gasteiger partial charge in [-0.05, 0) is 31.6 Å². The van der Waals surface area contributed by atoms with Crippen molar-refractivity contribution in [3.05, 3.63) is 0 Å². The zero-order valence-electron chi connectivity index (χ0n) is 10.2. The number of carbonyl (C=O) groups excluding carboxylic acids is 1. The predicted molar refractivity (Wildman–Crippen MR) is 62.7 cm³/mol. The summed E-state index contributed by atoms with van der Waals surface area (Å²) in [6, 6.07) is 2.05. The fraction of sp³-hybridized carbons (Fsp3) is 0.833. The quantitative estimate of drug-likeness (QED) is 0.681. The van der Waals surface area contributed by atoms with Crippen LogP contribution >= 0.6 is 0 Å². The van der Waals surface area contributed by atoms with Crippen LogP contribution in [0.25, 0.3) is 0 Å². The molecule has 0 saturated heterocycles. The van der Waals surface area contributed by atoms with E-state index in [4.69, 9.17) is 5.26 Å². The molecule has 1 amide bonds. The van der Waals surface area contributed by atoms with E-state index in [-0.39, 0.29) is 17.4 Å². The van der Waals surface area contributed by atoms with Gasteiger partial charge in [-0.1, -0.05) is 6.92 Å². The third kappa shape index (κ3) is 3.82. The minimum Gasteiger partial charge on any atom is -0.355 e. The second kappa shape index (κ2) is 5.86. The first-order valence-corrected chi connectivity index (χ1v) is 6.01. The van der Waals surface area contributed by atoms with Gasteiger partial charge in [0.25, 0.3) is 0 Å². The minimum absolute atomic E-state index is 0.0506. The molecular weight excluding hydrogens is 202 g/mol. The summed E-state index contributed by atoms with van der Waals surface area (Å²) in [6.45, 7) is 5.41. The Bertz CT molecular complexity index is 278. The standard InChI is InChI=1S/C12H21N3O/c1-3-8-14-11(16)10(2)15-9-12(4-5-12)6-7-13/h10,15H,3-6,8-9H2,1-2H3,(H,14,16). The first-order chi connectivity index (χ1) is 7.63. The Morgan fingerprint density at radius 1 is 1.56 bits per heavy atom. The maximum Gasteiger partial charge on any atom is 0.236 e. The summed E-state index contributed by atoms with van der Waals surface area (Å²) >= 11 is 0. The second-order valence-electron chi connectivity index (χ2n) is 4.73. The van der Waals surface area contributed by atoms with Crippen LogP contribution in [0.15, 0.2) is 0 Å². The summed E-state index contributed by atoms with van der Waals surface area (Å²) in [4.78, 5) is 11.6. The minimum atomic E-state index is -0.164. The molecule has 2 N–H and O–H groups in total. The van der Waals surface area contributed by atoms with Crippen molar-refractivity contribution in [3.8, 4) is 6.07 Å². The number of amides is 1. The Balaban J connectivity index is 2.22. The lowest BCUT2D eigenvalue weighted by Crippen LogP contribution is -2.44. The monoisotopic (exact) mass is 223 g/mol. The Hall–Kier alpha value is -1.08. The number of carbonyl (C=O) groups is 1. The first kappa shape index (κ1) is 13.0. The third-order valence-corrected chi connectivity index (χ3v) is 3.14. The van der Waals surface area contributed by atoms with Crippen molar-refractivity contribution in [1.82, 2.24) is 10.6 Å². The summed E-state index contributed by atoms with van der Waals surface area (Å²) < 4.78 is 0. The van der Waals surface area contributed by atoms with E-state index in [1.807, 2.05) is 13.8 Å². The van der Waals surface area contributed by atoms with Crippen LogP contribution in [0.5, 0.6) is 0 Å². The van der Waals surface area contributed by atoms with Gasteiger partial charge < -0.3 is 10.6 Å². The highest BCUT2D eigenvalue weighted by Gasteiger charge is 2.42. The van der Waals surface area contributed by atoms with E-state index >= 15 is 0 Å². The van der Waals surface area contributed by atoms with Crippen LogP contribution in [0.1, 0.15) is 39.5 Å². The van der Waals surface area contributed by atoms with E-state index in [1.165, 1.54) is 0 Å². The number of hydrogen-bond acceptors (Lipinski definition) is 3. The van der Waals surface area contributed by atoms with Crippen molar-refractivity contribution in [3.63, 3.8) is 0 Å². The number of hydrogen-bond donors (Lipinski definition) is 2. The van der Waals surface area contributed by atoms with Gasteiger partial charge in [-0.25, -0.2) is 0 Å². The van der Waals surface area contributed by atoms with Gasteiger partial charge in [-0.3, -0.25) is 4.79 Å². The lowest BCUT2D eigenvalue weighted by molar-refractivity contribution is -0.122. The van der Waals surface area contributed by atoms with Crippen molar-refractivity contribution in [2.24, 2.45) is 5.41 Å². The fourth-order valence-electron chi connectivity index (χ4n) is 1.62. The van der Waals surface area contributed by atoms with E-state index in [1.54, 1.807) is 0 Å². The maximum absolute atomic E-state index is 11.6. The molecule has 16 heavy (non-hydrogen) atoms. The molecule has 1 unspecified atom stereocenters. The molecule has 0 spiro atoms. The van der Waals surface area contributed by atoms with Crippen LogP contribution in [0.4, 0.5) is 0 Å². The molecule has 1 saturated carbocycles. The topological polar surface area (TPSA) is 64.9 Å². The van der Waals surface area contributed by atoms with Crippen LogP contribution in [0.3, 0.4) is 0 Å². The molecule has 4 nitrogen and oxygen atoms in total. The summed E-state index contributed by atoms with van der Waals surface area (Å²) in [5.74, 6) is 0.0506. The molecule has 1 fully saturated rings. The molecule has 0 radical (unpaired) electrons. The molecule has 0 aromatic rings. The van der Waals surface area contributed by atoms with Crippen molar-refractivity contribution in [2.75, 3.05) is 13.1 Å². The van der Waals surface area contributed by atoms with Crippen molar-refractivity contribution in [1.29, 1.82) is 5.26 Å². The zero-order chi connectivity index (χ0) is 12.0. The van der Waals surface area contributed by atoms with Gasteiger partial charge in [0.2, 0.25) is 5.91 Å². The van der Waals surface area contributed by atoms with Gasteiger partial charge in [-0.15, -0.1) is 0 Å². The molecule has 0 aromatic carbocycles. The summed E-state index contributed by atoms with van der Waals surface area (Å²) in [7, 11) is 0. The van der Waals surface area contributed by atoms with Gasteiger partial charge in [0.05, 0.1) is 12.1 Å². The predicted octanol–water partition coefficient (Wildman–Crippen LogP) is 1.18. The van der Waals surface area contributed by atoms with Gasteiger partial charge in [-0.2, -0.15) is 5.26 Å². The van der Waals surface area contributed by atoms with E-state index in [9.17, 15) is 4.79 Å². The smallest absolute Gasteiger partial charge is 0.236 e. The molecule has 1 rings (SSSR count). The Morgan fingerprint density at radius 3 is 2.75 bits per heavy atom. The highest BCUT2D eigenvalue weighted by molar-refractivity contribution is 5.81. The van der Waals surface area contributed by atoms with Crippen molar-refractivity contribution in [2.45, 2.75) is 45.6 Å². The van der Waals surface area contributed by atoms with Crippen LogP contribution in [0.2, 0.25) is 0 Å². The molecule has 1 aliphatic carbocycles. The maximum atomic E-state index is 11.6. The summed E-state index contributed by atoms with van der Waals surface area (Å²) in [6.07, 6.45) is 3.77. The SMILES string of the molecule is CCCNC(=O)C(C)NCC1(CC#N)CC1. The molecular formula is C12H21N3O. The summed E-state index contributed by atoms with van der Waals surface area (Å²) in [5, 5.41) is 14.7. The average molecular weight is 223 g/mol. The van der Waals surface area contributed by atoms with Crippen molar-refractivity contribution < 1.29 is 4.79 Å². The van der Waals surface area contributed by atoms with E-state index in [0.29, 0.717) is 6.42 Å². The number of nitriles is 1. The molecule has 1 aliphatic rings. The highest BCUT2D eigenvalue weighted by atomic mass is 16.2. The molecule has 90 valence electrons. The largest absolute Gasteiger partial charge is 0.355 e. The molecule has 1 atom stereocenters. The Labute approximate surface area is 97.4 Å². The first-order valence-electron chi connectivity index (χ1n) is 6.01. The van der Waals surface area contributed by atoms with Crippen LogP contribution < -0.4 is 10.6 Å². The highest BCUT2D eigenvalue weighted by Crippen LogP contribution is 2.47. The lowest BCUT2D eigenvalue weighted by atomic mass is 10.0. The average Bonchev–Trinajstić information content (AvgIpc) is 3.03. The summed E-state index contributed by atoms with van der Waals surface area (Å²) in [5.41, 5.74) is 0.161. The van der Waals surface area contributed by atoms with Crippen LogP contribution in [-0.2, 0) is 4.79 Å². The van der Waals surface area contributed by atoms with Gasteiger partial charge in [0.1, 0.15) is 0 Å². The van der Waals surface area contributed by atoms with Gasteiger partial charge >= 0.3 is 0 Å². The number of nitrogens with one attached hydrogen (secondary N) is 2. The van der Waals surface area contributed by atoms with Crippen LogP contribution in [0, 0.1) is 16.7 Å². The third-order valence-electron chi connectivity index (χ3n) is 3.14. The zero-order valence-corrected chi connectivity index (χ0v) is 10.2. The van der Waals surface area contributed by atoms with E-state index in [2.05, 4.69) is 16.7 Å². The Morgan fingerprint density at radius 2 is 2.25 bits per heavy atom. The molecule has 0 bridgehead atoms. The number of rotatable bonds is 7. The molecule has 0 aromatic heterocycles. The Kier molecular flexibility index (Phi) is 4.75. The van der Waals surface area contributed by atoms with Gasteiger partial charge in [0.15, 0.2) is 0 Å².